The Hall–Kier alpha value is -3.07. The Morgan fingerprint density at radius 1 is 1.06 bits per heavy atom. The van der Waals surface area contributed by atoms with Crippen LogP contribution in [0, 0.1) is 6.92 Å². The van der Waals surface area contributed by atoms with Crippen LogP contribution in [0.4, 0.5) is 5.69 Å². The highest BCUT2D eigenvalue weighted by Crippen LogP contribution is 2.29. The van der Waals surface area contributed by atoms with Gasteiger partial charge in [0.2, 0.25) is 21.8 Å². The van der Waals surface area contributed by atoms with Gasteiger partial charge in [0.15, 0.2) is 0 Å². The highest BCUT2D eigenvalue weighted by molar-refractivity contribution is 7.92. The quantitative estimate of drug-likeness (QED) is 0.584. The van der Waals surface area contributed by atoms with Crippen LogP contribution in [0.5, 0.6) is 5.75 Å². The molecule has 0 bridgehead atoms. The van der Waals surface area contributed by atoms with Gasteiger partial charge < -0.3 is 15.0 Å². The highest BCUT2D eigenvalue weighted by Gasteiger charge is 2.32. The number of anilines is 1. The molecule has 1 N–H and O–H groups in total. The van der Waals surface area contributed by atoms with Crippen LogP contribution >= 0.6 is 0 Å². The van der Waals surface area contributed by atoms with E-state index in [-0.39, 0.29) is 18.1 Å². The van der Waals surface area contributed by atoms with Crippen LogP contribution in [0.15, 0.2) is 48.5 Å². The topological polar surface area (TPSA) is 96.0 Å². The number of hydrogen-bond donors (Lipinski definition) is 1. The molecule has 1 atom stereocenters. The van der Waals surface area contributed by atoms with E-state index in [2.05, 4.69) is 5.32 Å². The molecule has 2 amide bonds. The van der Waals surface area contributed by atoms with Gasteiger partial charge in [-0.25, -0.2) is 8.42 Å². The van der Waals surface area contributed by atoms with Gasteiger partial charge in [0.05, 0.1) is 19.1 Å². The fourth-order valence-electron chi connectivity index (χ4n) is 3.46. The van der Waals surface area contributed by atoms with Crippen molar-refractivity contribution in [3.05, 3.63) is 59.7 Å². The maximum Gasteiger partial charge on any atom is 0.244 e. The predicted molar refractivity (Wildman–Crippen MR) is 134 cm³/mol. The van der Waals surface area contributed by atoms with Crippen molar-refractivity contribution >= 4 is 27.5 Å². The summed E-state index contributed by atoms with van der Waals surface area (Å²) in [5.74, 6) is -0.501. The fourth-order valence-corrected chi connectivity index (χ4v) is 4.31. The first-order valence-corrected chi connectivity index (χ1v) is 12.9. The average molecular weight is 490 g/mol. The zero-order valence-corrected chi connectivity index (χ0v) is 21.8. The molecule has 2 aromatic carbocycles. The summed E-state index contributed by atoms with van der Waals surface area (Å²) in [6, 6.07) is 13.3. The van der Waals surface area contributed by atoms with Crippen molar-refractivity contribution in [2.45, 2.75) is 52.7 Å². The minimum Gasteiger partial charge on any atom is -0.495 e. The van der Waals surface area contributed by atoms with Gasteiger partial charge in [0.25, 0.3) is 0 Å². The molecule has 0 aromatic heterocycles. The first kappa shape index (κ1) is 27.2. The van der Waals surface area contributed by atoms with E-state index in [1.165, 1.54) is 12.0 Å². The second-order valence-electron chi connectivity index (χ2n) is 9.30. The van der Waals surface area contributed by atoms with Crippen molar-refractivity contribution in [2.24, 2.45) is 0 Å². The van der Waals surface area contributed by atoms with Crippen LogP contribution in [0.1, 0.15) is 38.8 Å². The third-order valence-corrected chi connectivity index (χ3v) is 6.43. The van der Waals surface area contributed by atoms with Gasteiger partial charge in [-0.05, 0) is 57.9 Å². The largest absolute Gasteiger partial charge is 0.495 e. The van der Waals surface area contributed by atoms with Gasteiger partial charge in [-0.2, -0.15) is 0 Å². The third-order valence-electron chi connectivity index (χ3n) is 5.30. The lowest BCUT2D eigenvalue weighted by molar-refractivity contribution is -0.140. The lowest BCUT2D eigenvalue weighted by atomic mass is 10.1. The number of carbonyl (C=O) groups excluding carboxylic acids is 2. The second-order valence-corrected chi connectivity index (χ2v) is 11.2. The summed E-state index contributed by atoms with van der Waals surface area (Å²) < 4.78 is 31.7. The van der Waals surface area contributed by atoms with Crippen LogP contribution in [0.3, 0.4) is 0 Å². The van der Waals surface area contributed by atoms with E-state index in [0.29, 0.717) is 5.75 Å². The minimum atomic E-state index is -3.83. The zero-order chi connectivity index (χ0) is 25.7. The van der Waals surface area contributed by atoms with E-state index in [9.17, 15) is 18.0 Å². The molecular formula is C25H35N3O5S. The summed E-state index contributed by atoms with van der Waals surface area (Å²) in [4.78, 5) is 28.0. The number of sulfonamides is 1. The number of ether oxygens (including phenoxy) is 1. The minimum absolute atomic E-state index is 0.160. The van der Waals surface area contributed by atoms with Gasteiger partial charge in [0, 0.05) is 12.1 Å². The predicted octanol–water partition coefficient (Wildman–Crippen LogP) is 3.10. The molecule has 8 nitrogen and oxygen atoms in total. The van der Waals surface area contributed by atoms with Crippen molar-refractivity contribution in [1.82, 2.24) is 10.2 Å². The maximum absolute atomic E-state index is 13.6. The first-order valence-electron chi connectivity index (χ1n) is 11.0. The summed E-state index contributed by atoms with van der Waals surface area (Å²) >= 11 is 0. The van der Waals surface area contributed by atoms with Crippen LogP contribution in [-0.2, 0) is 26.2 Å². The maximum atomic E-state index is 13.6. The molecule has 2 aromatic rings. The number of benzene rings is 2. The summed E-state index contributed by atoms with van der Waals surface area (Å²) in [6.07, 6.45) is 1.04. The molecule has 0 aliphatic heterocycles. The van der Waals surface area contributed by atoms with E-state index in [4.69, 9.17) is 4.74 Å². The van der Waals surface area contributed by atoms with Crippen LogP contribution in [0.25, 0.3) is 0 Å². The number of carbonyl (C=O) groups is 2. The fraction of sp³-hybridized carbons (Fsp3) is 0.440. The molecular weight excluding hydrogens is 454 g/mol. The molecule has 0 saturated heterocycles. The Labute approximate surface area is 202 Å². The summed E-state index contributed by atoms with van der Waals surface area (Å²) in [7, 11) is -2.39. The van der Waals surface area contributed by atoms with Crippen molar-refractivity contribution in [3.63, 3.8) is 0 Å². The molecule has 0 saturated carbocycles. The Balaban J connectivity index is 2.46. The van der Waals surface area contributed by atoms with Gasteiger partial charge in [-0.1, -0.05) is 36.4 Å². The number of amides is 2. The molecule has 9 heteroatoms. The van der Waals surface area contributed by atoms with Gasteiger partial charge in [-0.15, -0.1) is 0 Å². The first-order chi connectivity index (χ1) is 15.7. The number of aryl methyl sites for hydroxylation is 1. The van der Waals surface area contributed by atoms with E-state index in [1.54, 1.807) is 31.2 Å². The summed E-state index contributed by atoms with van der Waals surface area (Å²) in [5.41, 5.74) is 1.60. The number of hydrogen-bond acceptors (Lipinski definition) is 5. The highest BCUT2D eigenvalue weighted by atomic mass is 32.2. The zero-order valence-electron chi connectivity index (χ0n) is 21.0. The van der Waals surface area contributed by atoms with Crippen LogP contribution < -0.4 is 14.4 Å². The third kappa shape index (κ3) is 7.21. The average Bonchev–Trinajstić information content (AvgIpc) is 2.74. The van der Waals surface area contributed by atoms with Gasteiger partial charge >= 0.3 is 0 Å². The van der Waals surface area contributed by atoms with Crippen molar-refractivity contribution in [3.8, 4) is 5.75 Å². The van der Waals surface area contributed by atoms with Crippen molar-refractivity contribution in [1.29, 1.82) is 0 Å². The van der Waals surface area contributed by atoms with Gasteiger partial charge in [0.1, 0.15) is 18.3 Å². The monoisotopic (exact) mass is 489 g/mol. The number of nitrogens with zero attached hydrogens (tertiary/aromatic N) is 2. The molecule has 34 heavy (non-hydrogen) atoms. The standard InChI is InChI=1S/C25H35N3O5S/c1-18-12-8-9-13-20(18)16-27(19(2)24(30)26-25(3,4)5)23(29)17-28(34(7,31)32)21-14-10-11-15-22(21)33-6/h8-15,19H,16-17H2,1-7H3,(H,26,30)/t19-/m0/s1. The second kappa shape index (κ2) is 10.9. The van der Waals surface area contributed by atoms with E-state index < -0.39 is 34.1 Å². The van der Waals surface area contributed by atoms with E-state index in [1.807, 2.05) is 52.0 Å². The normalized spacial score (nSPS) is 12.6. The summed E-state index contributed by atoms with van der Waals surface area (Å²) in [6.45, 7) is 8.83. The molecule has 0 unspecified atom stereocenters. The van der Waals surface area contributed by atoms with Crippen molar-refractivity contribution < 1.29 is 22.7 Å². The smallest absolute Gasteiger partial charge is 0.244 e. The number of para-hydroxylation sites is 2. The van der Waals surface area contributed by atoms with E-state index in [0.717, 1.165) is 21.7 Å². The Kier molecular flexibility index (Phi) is 8.72. The molecule has 0 fully saturated rings. The van der Waals surface area contributed by atoms with Crippen LogP contribution in [-0.4, -0.2) is 56.6 Å². The van der Waals surface area contributed by atoms with Crippen LogP contribution in [0.2, 0.25) is 0 Å². The molecule has 186 valence electrons. The summed E-state index contributed by atoms with van der Waals surface area (Å²) in [5, 5.41) is 2.90. The number of methoxy groups -OCH3 is 1. The Morgan fingerprint density at radius 3 is 2.21 bits per heavy atom. The Bertz CT molecular complexity index is 1130. The molecule has 2 rings (SSSR count). The van der Waals surface area contributed by atoms with Crippen molar-refractivity contribution in [2.75, 3.05) is 24.2 Å². The lowest BCUT2D eigenvalue weighted by Gasteiger charge is -2.33. The van der Waals surface area contributed by atoms with Gasteiger partial charge in [-0.3, -0.25) is 13.9 Å². The molecule has 0 heterocycles. The number of nitrogens with one attached hydrogen (secondary N) is 1. The number of rotatable bonds is 9. The molecule has 0 spiro atoms. The lowest BCUT2D eigenvalue weighted by Crippen LogP contribution is -2.54. The molecule has 0 radical (unpaired) electrons. The SMILES string of the molecule is COc1ccccc1N(CC(=O)N(Cc1ccccc1C)[C@@H](C)C(=O)NC(C)(C)C)S(C)(=O)=O. The van der Waals surface area contributed by atoms with E-state index >= 15 is 0 Å². The molecule has 0 aliphatic carbocycles. The molecule has 0 aliphatic rings. The Morgan fingerprint density at radius 2 is 1.65 bits per heavy atom.